The molecule has 2 aromatic rings. The summed E-state index contributed by atoms with van der Waals surface area (Å²) in [6.07, 6.45) is 2.96. The van der Waals surface area contributed by atoms with Gasteiger partial charge in [-0.25, -0.2) is 4.68 Å². The van der Waals surface area contributed by atoms with Crippen LogP contribution in [0.2, 0.25) is 0 Å². The minimum atomic E-state index is -0.124. The van der Waals surface area contributed by atoms with Crippen molar-refractivity contribution in [2.45, 2.75) is 32.2 Å². The molecule has 3 rings (SSSR count). The van der Waals surface area contributed by atoms with Crippen LogP contribution in [0, 0.1) is 0 Å². The maximum Gasteiger partial charge on any atom is 0.272 e. The molecule has 1 amide bonds. The molecule has 3 N–H and O–H groups in total. The van der Waals surface area contributed by atoms with Gasteiger partial charge in [0.2, 0.25) is 0 Å². The van der Waals surface area contributed by atoms with E-state index in [9.17, 15) is 4.79 Å². The van der Waals surface area contributed by atoms with Gasteiger partial charge < -0.3 is 11.1 Å². The molecule has 1 aliphatic rings. The van der Waals surface area contributed by atoms with E-state index in [-0.39, 0.29) is 11.9 Å². The van der Waals surface area contributed by atoms with Crippen molar-refractivity contribution in [2.75, 3.05) is 6.54 Å². The molecule has 0 bridgehead atoms. The van der Waals surface area contributed by atoms with Crippen LogP contribution in [-0.2, 0) is 12.8 Å². The fourth-order valence-electron chi connectivity index (χ4n) is 2.75. The average Bonchev–Trinajstić information content (AvgIpc) is 3.09. The third kappa shape index (κ3) is 2.56. The molecule has 0 radical (unpaired) electrons. The van der Waals surface area contributed by atoms with Crippen molar-refractivity contribution in [1.29, 1.82) is 0 Å². The van der Waals surface area contributed by atoms with Crippen molar-refractivity contribution >= 4 is 5.91 Å². The lowest BCUT2D eigenvalue weighted by molar-refractivity contribution is 0.0935. The summed E-state index contributed by atoms with van der Waals surface area (Å²) < 4.78 is 1.91. The first-order valence-corrected chi connectivity index (χ1v) is 7.38. The number of rotatable bonds is 4. The zero-order chi connectivity index (χ0) is 14.8. The lowest BCUT2D eigenvalue weighted by atomic mass is 10.2. The number of nitrogens with zero attached hydrogens (tertiary/aromatic N) is 2. The van der Waals surface area contributed by atoms with E-state index in [1.54, 1.807) is 0 Å². The Morgan fingerprint density at radius 2 is 2.14 bits per heavy atom. The van der Waals surface area contributed by atoms with Crippen LogP contribution in [0.3, 0.4) is 0 Å². The maximum atomic E-state index is 12.4. The van der Waals surface area contributed by atoms with Crippen LogP contribution in [0.5, 0.6) is 0 Å². The Balaban J connectivity index is 1.98. The number of benzene rings is 1. The molecule has 0 saturated carbocycles. The summed E-state index contributed by atoms with van der Waals surface area (Å²) in [5.41, 5.74) is 9.36. The SMILES string of the molecule is C[C@@H](CN)NC(=O)c1nn(-c2ccccc2)c2c1CCC2. The number of nitrogens with one attached hydrogen (secondary N) is 1. The maximum absolute atomic E-state index is 12.4. The second-order valence-electron chi connectivity index (χ2n) is 5.48. The number of carbonyl (C=O) groups excluding carboxylic acids is 1. The minimum absolute atomic E-state index is 0.0450. The highest BCUT2D eigenvalue weighted by Crippen LogP contribution is 2.27. The van der Waals surface area contributed by atoms with Gasteiger partial charge in [0.25, 0.3) is 5.91 Å². The molecule has 0 fully saturated rings. The molecule has 0 unspecified atom stereocenters. The summed E-state index contributed by atoms with van der Waals surface area (Å²) in [4.78, 5) is 12.4. The van der Waals surface area contributed by atoms with Gasteiger partial charge in [-0.3, -0.25) is 4.79 Å². The van der Waals surface area contributed by atoms with Crippen LogP contribution in [-0.4, -0.2) is 28.3 Å². The third-order valence-electron chi connectivity index (χ3n) is 3.88. The summed E-state index contributed by atoms with van der Waals surface area (Å²) in [6, 6.07) is 9.91. The molecule has 110 valence electrons. The van der Waals surface area contributed by atoms with Crippen LogP contribution in [0.25, 0.3) is 5.69 Å². The monoisotopic (exact) mass is 284 g/mol. The minimum Gasteiger partial charge on any atom is -0.347 e. The zero-order valence-corrected chi connectivity index (χ0v) is 12.2. The van der Waals surface area contributed by atoms with E-state index in [1.807, 2.05) is 41.9 Å². The number of nitrogens with two attached hydrogens (primary N) is 1. The molecule has 1 atom stereocenters. The highest BCUT2D eigenvalue weighted by molar-refractivity contribution is 5.94. The molecule has 0 aliphatic heterocycles. The van der Waals surface area contributed by atoms with Gasteiger partial charge in [0.15, 0.2) is 5.69 Å². The molecule has 0 saturated heterocycles. The summed E-state index contributed by atoms with van der Waals surface area (Å²) in [5, 5.41) is 7.45. The molecule has 5 heteroatoms. The second kappa shape index (κ2) is 5.69. The Labute approximate surface area is 124 Å². The van der Waals surface area contributed by atoms with E-state index in [0.717, 1.165) is 36.2 Å². The number of hydrogen-bond donors (Lipinski definition) is 2. The van der Waals surface area contributed by atoms with E-state index in [4.69, 9.17) is 5.73 Å². The highest BCUT2D eigenvalue weighted by Gasteiger charge is 2.27. The second-order valence-corrected chi connectivity index (χ2v) is 5.48. The Hall–Kier alpha value is -2.14. The van der Waals surface area contributed by atoms with E-state index in [2.05, 4.69) is 10.4 Å². The first-order chi connectivity index (χ1) is 10.2. The quantitative estimate of drug-likeness (QED) is 0.892. The van der Waals surface area contributed by atoms with Crippen molar-refractivity contribution in [2.24, 2.45) is 5.73 Å². The third-order valence-corrected chi connectivity index (χ3v) is 3.88. The Bertz CT molecular complexity index is 648. The summed E-state index contributed by atoms with van der Waals surface area (Å²) in [6.45, 7) is 2.32. The summed E-state index contributed by atoms with van der Waals surface area (Å²) in [5.74, 6) is -0.124. The molecule has 1 aromatic heterocycles. The van der Waals surface area contributed by atoms with Crippen LogP contribution in [0.15, 0.2) is 30.3 Å². The van der Waals surface area contributed by atoms with Crippen molar-refractivity contribution < 1.29 is 4.79 Å². The van der Waals surface area contributed by atoms with Crippen molar-refractivity contribution in [1.82, 2.24) is 15.1 Å². The van der Waals surface area contributed by atoms with Gasteiger partial charge in [-0.1, -0.05) is 18.2 Å². The predicted octanol–water partition coefficient (Wildman–Crippen LogP) is 1.44. The number of hydrogen-bond acceptors (Lipinski definition) is 3. The first kappa shape index (κ1) is 13.8. The van der Waals surface area contributed by atoms with E-state index in [1.165, 1.54) is 0 Å². The van der Waals surface area contributed by atoms with Crippen molar-refractivity contribution in [3.8, 4) is 5.69 Å². The standard InChI is InChI=1S/C16H20N4O/c1-11(10-17)18-16(21)15-13-8-5-9-14(13)20(19-15)12-6-3-2-4-7-12/h2-4,6-7,11H,5,8-10,17H2,1H3,(H,18,21)/t11-/m0/s1. The van der Waals surface area contributed by atoms with Crippen molar-refractivity contribution in [3.63, 3.8) is 0 Å². The van der Waals surface area contributed by atoms with Gasteiger partial charge in [-0.15, -0.1) is 0 Å². The molecule has 21 heavy (non-hydrogen) atoms. The van der Waals surface area contributed by atoms with Gasteiger partial charge in [0.05, 0.1) is 5.69 Å². The number of aromatic nitrogens is 2. The zero-order valence-electron chi connectivity index (χ0n) is 12.2. The molecule has 1 aromatic carbocycles. The molecular weight excluding hydrogens is 264 g/mol. The topological polar surface area (TPSA) is 72.9 Å². The Morgan fingerprint density at radius 3 is 2.86 bits per heavy atom. The largest absolute Gasteiger partial charge is 0.347 e. The normalized spacial score (nSPS) is 14.8. The van der Waals surface area contributed by atoms with Crippen LogP contribution < -0.4 is 11.1 Å². The molecular formula is C16H20N4O. The smallest absolute Gasteiger partial charge is 0.272 e. The summed E-state index contributed by atoms with van der Waals surface area (Å²) >= 11 is 0. The number of para-hydroxylation sites is 1. The van der Waals surface area contributed by atoms with Crippen LogP contribution >= 0.6 is 0 Å². The lowest BCUT2D eigenvalue weighted by Gasteiger charge is -2.10. The lowest BCUT2D eigenvalue weighted by Crippen LogP contribution is -2.38. The number of fused-ring (bicyclic) bond motifs is 1. The Morgan fingerprint density at radius 1 is 1.38 bits per heavy atom. The Kier molecular flexibility index (Phi) is 3.75. The van der Waals surface area contributed by atoms with Gasteiger partial charge in [0.1, 0.15) is 0 Å². The first-order valence-electron chi connectivity index (χ1n) is 7.38. The van der Waals surface area contributed by atoms with E-state index < -0.39 is 0 Å². The number of amides is 1. The summed E-state index contributed by atoms with van der Waals surface area (Å²) in [7, 11) is 0. The van der Waals surface area contributed by atoms with Gasteiger partial charge >= 0.3 is 0 Å². The fraction of sp³-hybridized carbons (Fsp3) is 0.375. The fourth-order valence-corrected chi connectivity index (χ4v) is 2.75. The highest BCUT2D eigenvalue weighted by atomic mass is 16.2. The number of carbonyl (C=O) groups is 1. The van der Waals surface area contributed by atoms with Gasteiger partial charge in [-0.2, -0.15) is 5.10 Å². The molecule has 1 heterocycles. The predicted molar refractivity (Wildman–Crippen MR) is 81.6 cm³/mol. The average molecular weight is 284 g/mol. The molecule has 5 nitrogen and oxygen atoms in total. The van der Waals surface area contributed by atoms with E-state index >= 15 is 0 Å². The van der Waals surface area contributed by atoms with Gasteiger partial charge in [-0.05, 0) is 38.3 Å². The van der Waals surface area contributed by atoms with Gasteiger partial charge in [0, 0.05) is 23.8 Å². The van der Waals surface area contributed by atoms with Crippen molar-refractivity contribution in [3.05, 3.63) is 47.3 Å². The van der Waals surface area contributed by atoms with Crippen LogP contribution in [0.1, 0.15) is 35.1 Å². The molecule has 1 aliphatic carbocycles. The van der Waals surface area contributed by atoms with E-state index in [0.29, 0.717) is 12.2 Å². The van der Waals surface area contributed by atoms with Crippen LogP contribution in [0.4, 0.5) is 0 Å². The molecule has 0 spiro atoms.